The number of carbonyl (C=O) groups excluding carboxylic acids is 1. The van der Waals surface area contributed by atoms with Crippen molar-refractivity contribution in [3.8, 4) is 5.75 Å². The average molecular weight is 329 g/mol. The molecule has 4 nitrogen and oxygen atoms in total. The highest BCUT2D eigenvalue weighted by Gasteiger charge is 2.32. The Morgan fingerprint density at radius 1 is 1.29 bits per heavy atom. The molecule has 0 saturated heterocycles. The number of aliphatic hydroxyl groups excluding tert-OH is 1. The fourth-order valence-corrected chi connectivity index (χ4v) is 3.00. The summed E-state index contributed by atoms with van der Waals surface area (Å²) in [6.45, 7) is 2.12. The maximum Gasteiger partial charge on any atom is 0.231 e. The minimum absolute atomic E-state index is 0.188. The van der Waals surface area contributed by atoms with Crippen LogP contribution in [-0.2, 0) is 4.79 Å². The lowest BCUT2D eigenvalue weighted by atomic mass is 9.96. The molecule has 1 heterocycles. The third-order valence-electron chi connectivity index (χ3n) is 4.39. The first kappa shape index (κ1) is 16.5. The lowest BCUT2D eigenvalue weighted by Gasteiger charge is -2.25. The van der Waals surface area contributed by atoms with E-state index in [4.69, 9.17) is 4.74 Å². The van der Waals surface area contributed by atoms with Gasteiger partial charge in [0.2, 0.25) is 5.91 Å². The zero-order valence-corrected chi connectivity index (χ0v) is 13.4. The molecule has 3 atom stereocenters. The molecule has 0 spiro atoms. The predicted octanol–water partition coefficient (Wildman–Crippen LogP) is 2.93. The van der Waals surface area contributed by atoms with E-state index in [1.807, 2.05) is 31.2 Å². The first-order valence-corrected chi connectivity index (χ1v) is 8.06. The Kier molecular flexibility index (Phi) is 4.81. The SMILES string of the molecule is CCC(NC(=O)C1COc2ccccc21)C(O)c1ccccc1F. The number of rotatable bonds is 5. The molecule has 1 aliphatic heterocycles. The second-order valence-corrected chi connectivity index (χ2v) is 5.89. The molecule has 2 aromatic carbocycles. The molecule has 3 rings (SSSR count). The van der Waals surface area contributed by atoms with Gasteiger partial charge in [0.25, 0.3) is 0 Å². The minimum atomic E-state index is -1.10. The van der Waals surface area contributed by atoms with Crippen LogP contribution in [0.4, 0.5) is 4.39 Å². The number of nitrogens with one attached hydrogen (secondary N) is 1. The molecule has 0 aromatic heterocycles. The number of carbonyl (C=O) groups is 1. The van der Waals surface area contributed by atoms with Gasteiger partial charge in [-0.05, 0) is 18.6 Å². The van der Waals surface area contributed by atoms with Crippen LogP contribution >= 0.6 is 0 Å². The first-order chi connectivity index (χ1) is 11.6. The molecule has 2 N–H and O–H groups in total. The molecule has 24 heavy (non-hydrogen) atoms. The van der Waals surface area contributed by atoms with Crippen molar-refractivity contribution < 1.29 is 19.0 Å². The van der Waals surface area contributed by atoms with Gasteiger partial charge in [-0.25, -0.2) is 4.39 Å². The second-order valence-electron chi connectivity index (χ2n) is 5.89. The molecule has 0 bridgehead atoms. The van der Waals surface area contributed by atoms with Gasteiger partial charge in [0, 0.05) is 11.1 Å². The lowest BCUT2D eigenvalue weighted by Crippen LogP contribution is -2.42. The van der Waals surface area contributed by atoms with Crippen LogP contribution in [0, 0.1) is 5.82 Å². The quantitative estimate of drug-likeness (QED) is 0.887. The highest BCUT2D eigenvalue weighted by molar-refractivity contribution is 5.85. The predicted molar refractivity (Wildman–Crippen MR) is 88.3 cm³/mol. The number of para-hydroxylation sites is 1. The van der Waals surface area contributed by atoms with E-state index in [2.05, 4.69) is 5.32 Å². The van der Waals surface area contributed by atoms with Crippen LogP contribution in [0.25, 0.3) is 0 Å². The molecule has 0 fully saturated rings. The number of aliphatic hydroxyl groups is 1. The molecule has 126 valence electrons. The Morgan fingerprint density at radius 2 is 2.00 bits per heavy atom. The van der Waals surface area contributed by atoms with Crippen LogP contribution < -0.4 is 10.1 Å². The summed E-state index contributed by atoms with van der Waals surface area (Å²) in [6.07, 6.45) is -0.617. The normalized spacial score (nSPS) is 18.4. The summed E-state index contributed by atoms with van der Waals surface area (Å²) in [6, 6.07) is 12.9. The van der Waals surface area contributed by atoms with Gasteiger partial charge in [-0.2, -0.15) is 0 Å². The summed E-state index contributed by atoms with van der Waals surface area (Å²) >= 11 is 0. The van der Waals surface area contributed by atoms with Crippen molar-refractivity contribution in [2.45, 2.75) is 31.4 Å². The van der Waals surface area contributed by atoms with E-state index in [0.29, 0.717) is 12.2 Å². The molecule has 0 radical (unpaired) electrons. The molecule has 2 aromatic rings. The molecule has 0 saturated carbocycles. The molecule has 0 aliphatic carbocycles. The molecular formula is C19H20FNO3. The molecular weight excluding hydrogens is 309 g/mol. The van der Waals surface area contributed by atoms with E-state index < -0.39 is 23.9 Å². The van der Waals surface area contributed by atoms with Gasteiger partial charge in [-0.1, -0.05) is 43.3 Å². The maximum atomic E-state index is 13.9. The van der Waals surface area contributed by atoms with Crippen molar-refractivity contribution in [3.05, 3.63) is 65.5 Å². The molecule has 5 heteroatoms. The number of ether oxygens (including phenoxy) is 1. The Morgan fingerprint density at radius 3 is 2.75 bits per heavy atom. The fraction of sp³-hybridized carbons (Fsp3) is 0.316. The molecule has 1 aliphatic rings. The highest BCUT2D eigenvalue weighted by Crippen LogP contribution is 2.34. The van der Waals surface area contributed by atoms with Crippen LogP contribution in [0.5, 0.6) is 5.75 Å². The van der Waals surface area contributed by atoms with Crippen LogP contribution in [-0.4, -0.2) is 23.7 Å². The average Bonchev–Trinajstić information content (AvgIpc) is 3.03. The number of halogens is 1. The van der Waals surface area contributed by atoms with Gasteiger partial charge in [0.1, 0.15) is 30.2 Å². The topological polar surface area (TPSA) is 58.6 Å². The van der Waals surface area contributed by atoms with E-state index in [1.165, 1.54) is 12.1 Å². The third-order valence-corrected chi connectivity index (χ3v) is 4.39. The third kappa shape index (κ3) is 3.12. The number of hydrogen-bond donors (Lipinski definition) is 2. The number of benzene rings is 2. The van der Waals surface area contributed by atoms with Crippen LogP contribution in [0.15, 0.2) is 48.5 Å². The maximum absolute atomic E-state index is 13.9. The van der Waals surface area contributed by atoms with E-state index >= 15 is 0 Å². The monoisotopic (exact) mass is 329 g/mol. The standard InChI is InChI=1S/C19H20FNO3/c1-2-16(18(22)13-8-3-5-9-15(13)20)21-19(23)14-11-24-17-10-6-4-7-12(14)17/h3-10,14,16,18,22H,2,11H2,1H3,(H,21,23). The summed E-state index contributed by atoms with van der Waals surface area (Å²) in [7, 11) is 0. The van der Waals surface area contributed by atoms with Crippen molar-refractivity contribution >= 4 is 5.91 Å². The van der Waals surface area contributed by atoms with Crippen molar-refractivity contribution in [1.82, 2.24) is 5.32 Å². The van der Waals surface area contributed by atoms with Gasteiger partial charge < -0.3 is 15.2 Å². The van der Waals surface area contributed by atoms with Crippen LogP contribution in [0.3, 0.4) is 0 Å². The van der Waals surface area contributed by atoms with Crippen LogP contribution in [0.2, 0.25) is 0 Å². The number of hydrogen-bond acceptors (Lipinski definition) is 3. The Labute approximate surface area is 140 Å². The summed E-state index contributed by atoms with van der Waals surface area (Å²) in [5.74, 6) is -0.405. The Balaban J connectivity index is 1.74. The van der Waals surface area contributed by atoms with Gasteiger partial charge >= 0.3 is 0 Å². The largest absolute Gasteiger partial charge is 0.492 e. The van der Waals surface area contributed by atoms with Crippen molar-refractivity contribution in [2.24, 2.45) is 0 Å². The highest BCUT2D eigenvalue weighted by atomic mass is 19.1. The van der Waals surface area contributed by atoms with E-state index in [-0.39, 0.29) is 18.1 Å². The zero-order chi connectivity index (χ0) is 17.1. The van der Waals surface area contributed by atoms with E-state index in [1.54, 1.807) is 12.1 Å². The van der Waals surface area contributed by atoms with Gasteiger partial charge in [-0.15, -0.1) is 0 Å². The number of amides is 1. The summed E-state index contributed by atoms with van der Waals surface area (Å²) < 4.78 is 19.4. The Bertz CT molecular complexity index is 734. The second kappa shape index (κ2) is 7.01. The summed E-state index contributed by atoms with van der Waals surface area (Å²) in [5, 5.41) is 13.3. The van der Waals surface area contributed by atoms with E-state index in [9.17, 15) is 14.3 Å². The minimum Gasteiger partial charge on any atom is -0.492 e. The number of fused-ring (bicyclic) bond motifs is 1. The van der Waals surface area contributed by atoms with E-state index in [0.717, 1.165) is 5.56 Å². The fourth-order valence-electron chi connectivity index (χ4n) is 3.00. The summed E-state index contributed by atoms with van der Waals surface area (Å²) in [5.41, 5.74) is 1.03. The lowest BCUT2D eigenvalue weighted by molar-refractivity contribution is -0.124. The van der Waals surface area contributed by atoms with Gasteiger partial charge in [0.05, 0.1) is 6.04 Å². The Hall–Kier alpha value is -2.40. The smallest absolute Gasteiger partial charge is 0.231 e. The first-order valence-electron chi connectivity index (χ1n) is 8.06. The summed E-state index contributed by atoms with van der Waals surface area (Å²) in [4.78, 5) is 12.6. The molecule has 3 unspecified atom stereocenters. The van der Waals surface area contributed by atoms with Crippen molar-refractivity contribution in [2.75, 3.05) is 6.61 Å². The molecule has 1 amide bonds. The van der Waals surface area contributed by atoms with Gasteiger partial charge in [0.15, 0.2) is 0 Å². The van der Waals surface area contributed by atoms with Crippen molar-refractivity contribution in [1.29, 1.82) is 0 Å². The van der Waals surface area contributed by atoms with Crippen molar-refractivity contribution in [3.63, 3.8) is 0 Å². The van der Waals surface area contributed by atoms with Gasteiger partial charge in [-0.3, -0.25) is 4.79 Å². The zero-order valence-electron chi connectivity index (χ0n) is 13.4. The van der Waals surface area contributed by atoms with Crippen LogP contribution in [0.1, 0.15) is 36.5 Å².